The van der Waals surface area contributed by atoms with Crippen molar-refractivity contribution in [1.29, 1.82) is 0 Å². The number of thiophene rings is 1. The lowest BCUT2D eigenvalue weighted by Crippen LogP contribution is -2.30. The summed E-state index contributed by atoms with van der Waals surface area (Å²) in [4.78, 5) is 20.0. The Kier molecular flexibility index (Phi) is 6.40. The predicted molar refractivity (Wildman–Crippen MR) is 98.3 cm³/mol. The third-order valence-electron chi connectivity index (χ3n) is 3.57. The van der Waals surface area contributed by atoms with E-state index < -0.39 is 0 Å². The summed E-state index contributed by atoms with van der Waals surface area (Å²) in [5.74, 6) is 0.622. The fourth-order valence-electron chi connectivity index (χ4n) is 2.55. The average molecular weight is 423 g/mol. The van der Waals surface area contributed by atoms with Gasteiger partial charge < -0.3 is 10.2 Å². The lowest BCUT2D eigenvalue weighted by molar-refractivity contribution is 0.0782. The zero-order chi connectivity index (χ0) is 14.8. The molecule has 3 rings (SSSR count). The summed E-state index contributed by atoms with van der Waals surface area (Å²) in [6.45, 7) is 2.63. The number of rotatable bonds is 4. The Morgan fingerprint density at radius 2 is 2.36 bits per heavy atom. The van der Waals surface area contributed by atoms with Gasteiger partial charge in [-0.15, -0.1) is 35.1 Å². The molecule has 3 heterocycles. The highest BCUT2D eigenvalue weighted by atomic mass is 79.9. The smallest absolute Gasteiger partial charge is 0.273 e. The highest BCUT2D eigenvalue weighted by molar-refractivity contribution is 9.11. The van der Waals surface area contributed by atoms with Crippen LogP contribution < -0.4 is 5.32 Å². The molecule has 22 heavy (non-hydrogen) atoms. The summed E-state index contributed by atoms with van der Waals surface area (Å²) >= 11 is 6.62. The zero-order valence-corrected chi connectivity index (χ0v) is 16.1. The first-order chi connectivity index (χ1) is 10.2. The van der Waals surface area contributed by atoms with Crippen molar-refractivity contribution in [2.45, 2.75) is 6.42 Å². The molecule has 1 amide bonds. The largest absolute Gasteiger partial charge is 0.337 e. The van der Waals surface area contributed by atoms with E-state index in [-0.39, 0.29) is 18.3 Å². The van der Waals surface area contributed by atoms with Crippen LogP contribution >= 0.6 is 51.0 Å². The van der Waals surface area contributed by atoms with Gasteiger partial charge in [0.05, 0.1) is 8.66 Å². The van der Waals surface area contributed by atoms with Crippen molar-refractivity contribution in [1.82, 2.24) is 15.2 Å². The van der Waals surface area contributed by atoms with E-state index in [9.17, 15) is 4.79 Å². The summed E-state index contributed by atoms with van der Waals surface area (Å²) in [5, 5.41) is 5.97. The first-order valence-electron chi connectivity index (χ1n) is 6.82. The zero-order valence-electron chi connectivity index (χ0n) is 12.0. The number of hydrogen-bond acceptors (Lipinski definition) is 5. The van der Waals surface area contributed by atoms with Gasteiger partial charge in [0, 0.05) is 18.5 Å². The Morgan fingerprint density at radius 3 is 3.05 bits per heavy atom. The number of aromatic nitrogens is 1. The van der Waals surface area contributed by atoms with Crippen molar-refractivity contribution in [3.63, 3.8) is 0 Å². The molecule has 1 saturated heterocycles. The van der Waals surface area contributed by atoms with Crippen molar-refractivity contribution in [2.24, 2.45) is 5.92 Å². The van der Waals surface area contributed by atoms with Crippen LogP contribution in [0.3, 0.4) is 0 Å². The summed E-state index contributed by atoms with van der Waals surface area (Å²) < 4.78 is 1.08. The Hall–Kier alpha value is -0.470. The van der Waals surface area contributed by atoms with Gasteiger partial charge in [0.15, 0.2) is 0 Å². The number of nitrogens with zero attached hydrogens (tertiary/aromatic N) is 2. The molecule has 0 radical (unpaired) electrons. The number of thiazole rings is 1. The van der Waals surface area contributed by atoms with Gasteiger partial charge in [-0.05, 0) is 54.0 Å². The third-order valence-corrected chi connectivity index (χ3v) is 6.21. The third kappa shape index (κ3) is 3.89. The van der Waals surface area contributed by atoms with E-state index in [1.165, 1.54) is 11.3 Å². The number of hydrogen-bond donors (Lipinski definition) is 1. The van der Waals surface area contributed by atoms with E-state index in [0.717, 1.165) is 39.7 Å². The Balaban J connectivity index is 0.00000176. The first kappa shape index (κ1) is 17.9. The fraction of sp³-hybridized carbons (Fsp3) is 0.429. The van der Waals surface area contributed by atoms with Gasteiger partial charge in [-0.3, -0.25) is 4.79 Å². The quantitative estimate of drug-likeness (QED) is 0.816. The molecule has 4 nitrogen and oxygen atoms in total. The number of likely N-dealkylation sites (tertiary alicyclic amines) is 1. The molecule has 2 aromatic rings. The summed E-state index contributed by atoms with van der Waals surface area (Å²) in [6.07, 6.45) is 1.07. The van der Waals surface area contributed by atoms with Crippen LogP contribution in [-0.4, -0.2) is 42.5 Å². The SMILES string of the molecule is CNCC1CCN(C(=O)c2csc(-c3ccc(Br)s3)n2)C1.Cl. The van der Waals surface area contributed by atoms with Gasteiger partial charge in [-0.25, -0.2) is 4.98 Å². The molecule has 2 aromatic heterocycles. The maximum atomic E-state index is 12.5. The van der Waals surface area contributed by atoms with E-state index in [1.54, 1.807) is 11.3 Å². The monoisotopic (exact) mass is 421 g/mol. The molecule has 0 aromatic carbocycles. The van der Waals surface area contributed by atoms with Crippen LogP contribution in [0.15, 0.2) is 21.3 Å². The fourth-order valence-corrected chi connectivity index (χ4v) is 4.80. The predicted octanol–water partition coefficient (Wildman–Crippen LogP) is 3.74. The molecule has 1 unspecified atom stereocenters. The highest BCUT2D eigenvalue weighted by Crippen LogP contribution is 2.33. The van der Waals surface area contributed by atoms with E-state index in [0.29, 0.717) is 11.6 Å². The van der Waals surface area contributed by atoms with Gasteiger partial charge in [0.25, 0.3) is 5.91 Å². The van der Waals surface area contributed by atoms with Crippen LogP contribution in [0.25, 0.3) is 9.88 Å². The molecule has 0 saturated carbocycles. The number of amides is 1. The molecule has 0 aliphatic carbocycles. The van der Waals surface area contributed by atoms with Crippen molar-refractivity contribution in [3.05, 3.63) is 27.0 Å². The Labute approximate surface area is 152 Å². The second-order valence-corrected chi connectivity index (χ2v) is 8.43. The van der Waals surface area contributed by atoms with Crippen molar-refractivity contribution in [2.75, 3.05) is 26.7 Å². The molecule has 0 spiro atoms. The first-order valence-corrected chi connectivity index (χ1v) is 9.31. The lowest BCUT2D eigenvalue weighted by Gasteiger charge is -2.14. The van der Waals surface area contributed by atoms with E-state index in [4.69, 9.17) is 0 Å². The van der Waals surface area contributed by atoms with E-state index in [2.05, 4.69) is 26.2 Å². The van der Waals surface area contributed by atoms with Gasteiger partial charge >= 0.3 is 0 Å². The molecule has 0 bridgehead atoms. The molecule has 1 aliphatic rings. The Bertz CT molecular complexity index is 646. The van der Waals surface area contributed by atoms with Crippen LogP contribution in [-0.2, 0) is 0 Å². The summed E-state index contributed by atoms with van der Waals surface area (Å²) in [7, 11) is 1.95. The van der Waals surface area contributed by atoms with Gasteiger partial charge in [-0.2, -0.15) is 0 Å². The molecule has 1 aliphatic heterocycles. The molecule has 1 N–H and O–H groups in total. The normalized spacial score (nSPS) is 17.5. The minimum atomic E-state index is 0. The second-order valence-electron chi connectivity index (χ2n) is 5.11. The van der Waals surface area contributed by atoms with Crippen LogP contribution in [0.1, 0.15) is 16.9 Å². The number of carbonyl (C=O) groups is 1. The lowest BCUT2D eigenvalue weighted by atomic mass is 10.1. The molecule has 1 atom stereocenters. The van der Waals surface area contributed by atoms with Gasteiger partial charge in [0.1, 0.15) is 10.7 Å². The molecule has 1 fully saturated rings. The number of carbonyl (C=O) groups excluding carboxylic acids is 1. The van der Waals surface area contributed by atoms with Gasteiger partial charge in [-0.1, -0.05) is 0 Å². The minimum absolute atomic E-state index is 0. The van der Waals surface area contributed by atoms with Crippen molar-refractivity contribution >= 4 is 56.9 Å². The highest BCUT2D eigenvalue weighted by Gasteiger charge is 2.27. The number of nitrogens with one attached hydrogen (secondary N) is 1. The van der Waals surface area contributed by atoms with E-state index >= 15 is 0 Å². The van der Waals surface area contributed by atoms with Crippen molar-refractivity contribution in [3.8, 4) is 9.88 Å². The van der Waals surface area contributed by atoms with E-state index in [1.807, 2.05) is 29.5 Å². The topological polar surface area (TPSA) is 45.2 Å². The standard InChI is InChI=1S/C14H16BrN3OS2.ClH/c1-16-6-9-4-5-18(7-9)14(19)10-8-20-13(17-10)11-2-3-12(15)21-11;/h2-3,8-9,16H,4-7H2,1H3;1H. The molecular weight excluding hydrogens is 406 g/mol. The van der Waals surface area contributed by atoms with Crippen LogP contribution in [0, 0.1) is 5.92 Å². The molecule has 120 valence electrons. The maximum absolute atomic E-state index is 12.5. The van der Waals surface area contributed by atoms with Gasteiger partial charge in [0.2, 0.25) is 0 Å². The van der Waals surface area contributed by atoms with Crippen LogP contribution in [0.4, 0.5) is 0 Å². The van der Waals surface area contributed by atoms with Crippen LogP contribution in [0.2, 0.25) is 0 Å². The molecular formula is C14H17BrClN3OS2. The van der Waals surface area contributed by atoms with Crippen LogP contribution in [0.5, 0.6) is 0 Å². The molecule has 8 heteroatoms. The number of halogens is 2. The average Bonchev–Trinajstić information content (AvgIpc) is 3.17. The summed E-state index contributed by atoms with van der Waals surface area (Å²) in [6, 6.07) is 4.03. The summed E-state index contributed by atoms with van der Waals surface area (Å²) in [5.41, 5.74) is 0.574. The minimum Gasteiger partial charge on any atom is -0.337 e. The van der Waals surface area contributed by atoms with Crippen molar-refractivity contribution < 1.29 is 4.79 Å². The second kappa shape index (κ2) is 7.88. The Morgan fingerprint density at radius 1 is 1.55 bits per heavy atom. The maximum Gasteiger partial charge on any atom is 0.273 e.